The quantitative estimate of drug-likeness (QED) is 0.869. The lowest BCUT2D eigenvalue weighted by atomic mass is 10.2. The van der Waals surface area contributed by atoms with E-state index in [1.807, 2.05) is 0 Å². The summed E-state index contributed by atoms with van der Waals surface area (Å²) >= 11 is 0. The summed E-state index contributed by atoms with van der Waals surface area (Å²) in [5.41, 5.74) is 0.461. The summed E-state index contributed by atoms with van der Waals surface area (Å²) < 4.78 is 61.7. The average Bonchev–Trinajstić information content (AvgIpc) is 2.60. The van der Waals surface area contributed by atoms with Crippen LogP contribution in [0.3, 0.4) is 0 Å². The molecule has 110 valence electrons. The Morgan fingerprint density at radius 3 is 2.55 bits per heavy atom. The molecule has 1 N–H and O–H groups in total. The highest BCUT2D eigenvalue weighted by molar-refractivity contribution is 7.90. The maximum Gasteiger partial charge on any atom is 0.389 e. The van der Waals surface area contributed by atoms with Gasteiger partial charge < -0.3 is 0 Å². The molecule has 0 aliphatic carbocycles. The summed E-state index contributed by atoms with van der Waals surface area (Å²) in [6, 6.07) is 6.36. The molecule has 1 aliphatic rings. The molecule has 0 aromatic heterocycles. The van der Waals surface area contributed by atoms with E-state index in [0.29, 0.717) is 5.56 Å². The Kier molecular flexibility index (Phi) is 4.03. The zero-order valence-electron chi connectivity index (χ0n) is 10.4. The molecule has 0 atom stereocenters. The molecular weight excluding hydrogens is 293 g/mol. The highest BCUT2D eigenvalue weighted by Crippen LogP contribution is 2.23. The largest absolute Gasteiger partial charge is 0.389 e. The summed E-state index contributed by atoms with van der Waals surface area (Å²) in [5, 5.41) is 0. The van der Waals surface area contributed by atoms with Gasteiger partial charge in [-0.15, -0.1) is 0 Å². The molecule has 0 bridgehead atoms. The maximum absolute atomic E-state index is 12.0. The molecule has 20 heavy (non-hydrogen) atoms. The van der Waals surface area contributed by atoms with Crippen molar-refractivity contribution in [1.29, 1.82) is 0 Å². The van der Waals surface area contributed by atoms with Crippen LogP contribution in [-0.4, -0.2) is 27.0 Å². The molecule has 1 aromatic carbocycles. The topological polar surface area (TPSA) is 58.5 Å². The molecule has 0 fully saturated rings. The first-order chi connectivity index (χ1) is 9.30. The van der Waals surface area contributed by atoms with Crippen molar-refractivity contribution in [2.75, 3.05) is 6.54 Å². The second-order valence-electron chi connectivity index (χ2n) is 4.40. The van der Waals surface area contributed by atoms with Crippen molar-refractivity contribution in [2.45, 2.75) is 30.3 Å². The van der Waals surface area contributed by atoms with Gasteiger partial charge in [0.25, 0.3) is 10.0 Å². The molecule has 1 heterocycles. The van der Waals surface area contributed by atoms with Gasteiger partial charge in [0.2, 0.25) is 0 Å². The van der Waals surface area contributed by atoms with E-state index in [0.717, 1.165) is 0 Å². The van der Waals surface area contributed by atoms with Gasteiger partial charge in [-0.1, -0.05) is 12.1 Å². The lowest BCUT2D eigenvalue weighted by Crippen LogP contribution is -2.22. The van der Waals surface area contributed by atoms with Crippen molar-refractivity contribution < 1.29 is 21.6 Å². The molecule has 4 nitrogen and oxygen atoms in total. The standard InChI is InChI=1S/C12H13F3N2O2S/c13-12(14,15)7-3-4-8-16-11-9-5-1-2-6-10(9)20(18,19)17-11/h1-2,5-6H,3-4,7-8H2,(H,16,17). The minimum Gasteiger partial charge on any atom is -0.267 e. The third-order valence-electron chi connectivity index (χ3n) is 2.80. The van der Waals surface area contributed by atoms with E-state index in [2.05, 4.69) is 9.71 Å². The second kappa shape index (κ2) is 5.43. The number of amidine groups is 1. The monoisotopic (exact) mass is 306 g/mol. The number of nitrogens with zero attached hydrogens (tertiary/aromatic N) is 1. The van der Waals surface area contributed by atoms with Gasteiger partial charge >= 0.3 is 6.18 Å². The van der Waals surface area contributed by atoms with Crippen molar-refractivity contribution in [1.82, 2.24) is 4.72 Å². The summed E-state index contributed by atoms with van der Waals surface area (Å²) in [6.07, 6.45) is -4.77. The second-order valence-corrected chi connectivity index (χ2v) is 6.06. The van der Waals surface area contributed by atoms with Gasteiger partial charge in [-0.3, -0.25) is 9.71 Å². The van der Waals surface area contributed by atoms with Gasteiger partial charge in [0.15, 0.2) is 0 Å². The van der Waals surface area contributed by atoms with Gasteiger partial charge in [-0.2, -0.15) is 13.2 Å². The highest BCUT2D eigenvalue weighted by Gasteiger charge is 2.30. The lowest BCUT2D eigenvalue weighted by molar-refractivity contribution is -0.135. The van der Waals surface area contributed by atoms with Crippen LogP contribution < -0.4 is 4.72 Å². The molecular formula is C12H13F3N2O2S. The Balaban J connectivity index is 2.00. The summed E-state index contributed by atoms with van der Waals surface area (Å²) in [6.45, 7) is 0.155. The third kappa shape index (κ3) is 3.50. The van der Waals surface area contributed by atoms with Crippen molar-refractivity contribution >= 4 is 15.9 Å². The van der Waals surface area contributed by atoms with Gasteiger partial charge in [-0.05, 0) is 25.0 Å². The number of unbranched alkanes of at least 4 members (excludes halogenated alkanes) is 1. The van der Waals surface area contributed by atoms with Gasteiger partial charge in [0.1, 0.15) is 5.84 Å². The van der Waals surface area contributed by atoms with E-state index >= 15 is 0 Å². The van der Waals surface area contributed by atoms with Crippen molar-refractivity contribution in [2.24, 2.45) is 4.99 Å². The summed E-state index contributed by atoms with van der Waals surface area (Å²) in [7, 11) is -3.58. The van der Waals surface area contributed by atoms with Crippen LogP contribution in [0.2, 0.25) is 0 Å². The minimum absolute atomic E-state index is 0.0192. The number of nitrogens with one attached hydrogen (secondary N) is 1. The Morgan fingerprint density at radius 1 is 1.15 bits per heavy atom. The fourth-order valence-electron chi connectivity index (χ4n) is 1.88. The molecule has 0 spiro atoms. The lowest BCUT2D eigenvalue weighted by Gasteiger charge is -2.04. The van der Waals surface area contributed by atoms with Crippen LogP contribution in [0, 0.1) is 0 Å². The van der Waals surface area contributed by atoms with Crippen LogP contribution in [0.5, 0.6) is 0 Å². The normalized spacial score (nSPS) is 18.9. The van der Waals surface area contributed by atoms with E-state index in [4.69, 9.17) is 0 Å². The van der Waals surface area contributed by atoms with Gasteiger partial charge in [-0.25, -0.2) is 8.42 Å². The van der Waals surface area contributed by atoms with Crippen LogP contribution in [0.4, 0.5) is 13.2 Å². The minimum atomic E-state index is -4.16. The van der Waals surface area contributed by atoms with Crippen LogP contribution >= 0.6 is 0 Å². The van der Waals surface area contributed by atoms with Gasteiger partial charge in [0.05, 0.1) is 4.90 Å². The number of fused-ring (bicyclic) bond motifs is 1. The maximum atomic E-state index is 12.0. The number of rotatable bonds is 4. The first-order valence-corrected chi connectivity index (χ1v) is 7.51. The van der Waals surface area contributed by atoms with Crippen LogP contribution in [-0.2, 0) is 10.0 Å². The molecule has 0 saturated heterocycles. The molecule has 8 heteroatoms. The zero-order valence-corrected chi connectivity index (χ0v) is 11.3. The molecule has 0 radical (unpaired) electrons. The number of aliphatic imine (C=N–C) groups is 1. The van der Waals surface area contributed by atoms with Crippen molar-refractivity contribution in [3.05, 3.63) is 29.8 Å². The smallest absolute Gasteiger partial charge is 0.267 e. The van der Waals surface area contributed by atoms with E-state index in [1.165, 1.54) is 6.07 Å². The summed E-state index contributed by atoms with van der Waals surface area (Å²) in [4.78, 5) is 4.19. The zero-order chi connectivity index (χ0) is 14.8. The predicted octanol–water partition coefficient (Wildman–Crippen LogP) is 2.46. The molecule has 0 unspecified atom stereocenters. The number of halogens is 3. The van der Waals surface area contributed by atoms with Gasteiger partial charge in [0, 0.05) is 18.5 Å². The van der Waals surface area contributed by atoms with Crippen LogP contribution in [0.1, 0.15) is 24.8 Å². The Morgan fingerprint density at radius 2 is 1.85 bits per heavy atom. The van der Waals surface area contributed by atoms with E-state index in [9.17, 15) is 21.6 Å². The first kappa shape index (κ1) is 14.8. The number of sulfonamides is 1. The van der Waals surface area contributed by atoms with Crippen molar-refractivity contribution in [3.8, 4) is 0 Å². The number of alkyl halides is 3. The SMILES string of the molecule is O=S1(=O)NC(=NCCCCC(F)(F)F)c2ccccc21. The van der Waals surface area contributed by atoms with Crippen molar-refractivity contribution in [3.63, 3.8) is 0 Å². The first-order valence-electron chi connectivity index (χ1n) is 6.03. The van der Waals surface area contributed by atoms with Crippen LogP contribution in [0.15, 0.2) is 34.2 Å². The molecule has 1 aromatic rings. The average molecular weight is 306 g/mol. The fraction of sp³-hybridized carbons (Fsp3) is 0.417. The number of benzene rings is 1. The number of hydrogen-bond acceptors (Lipinski definition) is 3. The molecule has 2 rings (SSSR count). The van der Waals surface area contributed by atoms with Crippen LogP contribution in [0.25, 0.3) is 0 Å². The molecule has 1 aliphatic heterocycles. The number of hydrogen-bond donors (Lipinski definition) is 1. The Bertz CT molecular complexity index is 624. The highest BCUT2D eigenvalue weighted by atomic mass is 32.2. The molecule has 0 amide bonds. The predicted molar refractivity (Wildman–Crippen MR) is 68.1 cm³/mol. The van der Waals surface area contributed by atoms with E-state index < -0.39 is 22.6 Å². The Labute approximate surface area is 114 Å². The Hall–Kier alpha value is -1.57. The van der Waals surface area contributed by atoms with E-state index in [-0.39, 0.29) is 30.1 Å². The summed E-state index contributed by atoms with van der Waals surface area (Å²) in [5.74, 6) is 0.201. The molecule has 0 saturated carbocycles. The fourth-order valence-corrected chi connectivity index (χ4v) is 3.13. The van der Waals surface area contributed by atoms with E-state index in [1.54, 1.807) is 18.2 Å². The third-order valence-corrected chi connectivity index (χ3v) is 4.20.